The van der Waals surface area contributed by atoms with E-state index in [2.05, 4.69) is 54.7 Å². The van der Waals surface area contributed by atoms with E-state index in [0.717, 1.165) is 11.5 Å². The van der Waals surface area contributed by atoms with Crippen molar-refractivity contribution in [3.05, 3.63) is 59.7 Å². The molecule has 1 aliphatic heterocycles. The van der Waals surface area contributed by atoms with Gasteiger partial charge in [0.2, 0.25) is 0 Å². The predicted octanol–water partition coefficient (Wildman–Crippen LogP) is 3.66. The fourth-order valence-electron chi connectivity index (χ4n) is 3.19. The Morgan fingerprint density at radius 1 is 1.00 bits per heavy atom. The molecule has 1 saturated carbocycles. The Morgan fingerprint density at radius 3 is 2.59 bits per heavy atom. The molecule has 1 N–H and O–H groups in total. The van der Waals surface area contributed by atoms with Crippen LogP contribution in [0, 0.1) is 0 Å². The van der Waals surface area contributed by atoms with E-state index in [1.165, 1.54) is 17.5 Å². The second-order valence-corrected chi connectivity index (χ2v) is 6.15. The summed E-state index contributed by atoms with van der Waals surface area (Å²) in [5, 5.41) is 3.73. The molecule has 3 heteroatoms. The maximum Gasteiger partial charge on any atom is 0.161 e. The smallest absolute Gasteiger partial charge is 0.161 e. The standard InChI is InChI=1S/C19H21NO2/c1-13(15-7-8-18-19(11-15)22-10-9-21-18)20-17-12-16(17)14-5-3-2-4-6-14/h2-8,11,13,16-17,20H,9-10,12H2,1H3/t13?,16-,17+/m0/s1. The molecule has 1 heterocycles. The molecule has 0 saturated heterocycles. The van der Waals surface area contributed by atoms with E-state index in [1.54, 1.807) is 0 Å². The zero-order valence-corrected chi connectivity index (χ0v) is 12.8. The number of nitrogens with one attached hydrogen (secondary N) is 1. The summed E-state index contributed by atoms with van der Waals surface area (Å²) in [5.41, 5.74) is 2.69. The zero-order chi connectivity index (χ0) is 14.9. The van der Waals surface area contributed by atoms with Crippen LogP contribution in [-0.4, -0.2) is 19.3 Å². The first kappa shape index (κ1) is 13.6. The number of benzene rings is 2. The molecule has 1 unspecified atom stereocenters. The molecule has 1 aliphatic carbocycles. The average molecular weight is 295 g/mol. The lowest BCUT2D eigenvalue weighted by molar-refractivity contribution is 0.171. The van der Waals surface area contributed by atoms with Gasteiger partial charge in [0.05, 0.1) is 0 Å². The third kappa shape index (κ3) is 2.69. The van der Waals surface area contributed by atoms with E-state index in [9.17, 15) is 0 Å². The monoisotopic (exact) mass is 295 g/mol. The van der Waals surface area contributed by atoms with Crippen LogP contribution in [0.5, 0.6) is 11.5 Å². The van der Waals surface area contributed by atoms with Gasteiger partial charge in [-0.25, -0.2) is 0 Å². The molecule has 2 aromatic carbocycles. The minimum atomic E-state index is 0.314. The molecule has 2 aromatic rings. The quantitative estimate of drug-likeness (QED) is 0.933. The van der Waals surface area contributed by atoms with Crippen molar-refractivity contribution in [2.75, 3.05) is 13.2 Å². The van der Waals surface area contributed by atoms with E-state index in [4.69, 9.17) is 9.47 Å². The van der Waals surface area contributed by atoms with E-state index < -0.39 is 0 Å². The first-order chi connectivity index (χ1) is 10.8. The number of hydrogen-bond acceptors (Lipinski definition) is 3. The second-order valence-electron chi connectivity index (χ2n) is 6.15. The summed E-state index contributed by atoms with van der Waals surface area (Å²) in [6.45, 7) is 3.49. The lowest BCUT2D eigenvalue weighted by Gasteiger charge is -2.21. The maximum absolute atomic E-state index is 5.67. The third-order valence-corrected chi connectivity index (χ3v) is 4.55. The normalized spacial score (nSPS) is 23.9. The molecule has 0 spiro atoms. The van der Waals surface area contributed by atoms with Crippen LogP contribution in [0.4, 0.5) is 0 Å². The topological polar surface area (TPSA) is 30.5 Å². The Labute approximate surface area is 131 Å². The Balaban J connectivity index is 1.42. The number of fused-ring (bicyclic) bond motifs is 1. The van der Waals surface area contributed by atoms with Crippen molar-refractivity contribution in [2.45, 2.75) is 31.3 Å². The van der Waals surface area contributed by atoms with E-state index in [-0.39, 0.29) is 0 Å². The molecular weight excluding hydrogens is 274 g/mol. The van der Waals surface area contributed by atoms with Gasteiger partial charge in [-0.2, -0.15) is 0 Å². The molecule has 4 rings (SSSR count). The number of ether oxygens (including phenoxy) is 2. The molecule has 1 fully saturated rings. The van der Waals surface area contributed by atoms with Crippen LogP contribution in [0.25, 0.3) is 0 Å². The molecule has 0 bridgehead atoms. The molecule has 2 aliphatic rings. The third-order valence-electron chi connectivity index (χ3n) is 4.55. The summed E-state index contributed by atoms with van der Waals surface area (Å²) < 4.78 is 11.3. The SMILES string of the molecule is CC(N[C@@H]1C[C@H]1c1ccccc1)c1ccc2c(c1)OCCO2. The molecule has 3 nitrogen and oxygen atoms in total. The van der Waals surface area contributed by atoms with Gasteiger partial charge in [-0.1, -0.05) is 36.4 Å². The first-order valence-corrected chi connectivity index (χ1v) is 8.02. The maximum atomic E-state index is 5.67. The van der Waals surface area contributed by atoms with Crippen LogP contribution in [0.15, 0.2) is 48.5 Å². The molecular formula is C19H21NO2. The first-order valence-electron chi connectivity index (χ1n) is 8.02. The lowest BCUT2D eigenvalue weighted by Crippen LogP contribution is -2.22. The van der Waals surface area contributed by atoms with Crippen molar-refractivity contribution in [2.24, 2.45) is 0 Å². The van der Waals surface area contributed by atoms with Gasteiger partial charge in [0.25, 0.3) is 0 Å². The largest absolute Gasteiger partial charge is 0.486 e. The van der Waals surface area contributed by atoms with Crippen molar-refractivity contribution >= 4 is 0 Å². The highest BCUT2D eigenvalue weighted by Crippen LogP contribution is 2.42. The van der Waals surface area contributed by atoms with Crippen molar-refractivity contribution in [1.82, 2.24) is 5.32 Å². The Hall–Kier alpha value is -2.00. The van der Waals surface area contributed by atoms with Crippen molar-refractivity contribution in [3.63, 3.8) is 0 Å². The van der Waals surface area contributed by atoms with Crippen LogP contribution in [0.2, 0.25) is 0 Å². The van der Waals surface area contributed by atoms with Crippen LogP contribution < -0.4 is 14.8 Å². The van der Waals surface area contributed by atoms with Gasteiger partial charge in [-0.05, 0) is 36.6 Å². The van der Waals surface area contributed by atoms with E-state index in [0.29, 0.717) is 31.2 Å². The summed E-state index contributed by atoms with van der Waals surface area (Å²) >= 11 is 0. The Morgan fingerprint density at radius 2 is 1.77 bits per heavy atom. The summed E-state index contributed by atoms with van der Waals surface area (Å²) in [7, 11) is 0. The fraction of sp³-hybridized carbons (Fsp3) is 0.368. The minimum absolute atomic E-state index is 0.314. The van der Waals surface area contributed by atoms with Crippen molar-refractivity contribution < 1.29 is 9.47 Å². The van der Waals surface area contributed by atoms with Crippen LogP contribution in [-0.2, 0) is 0 Å². The highest BCUT2D eigenvalue weighted by molar-refractivity contribution is 5.44. The Kier molecular flexibility index (Phi) is 3.51. The molecule has 3 atom stereocenters. The van der Waals surface area contributed by atoms with Crippen LogP contribution in [0.3, 0.4) is 0 Å². The molecule has 114 valence electrons. The fourth-order valence-corrected chi connectivity index (χ4v) is 3.19. The van der Waals surface area contributed by atoms with Gasteiger partial charge in [0, 0.05) is 18.0 Å². The molecule has 0 aromatic heterocycles. The zero-order valence-electron chi connectivity index (χ0n) is 12.8. The van der Waals surface area contributed by atoms with E-state index in [1.807, 2.05) is 6.07 Å². The summed E-state index contributed by atoms with van der Waals surface area (Å²) in [6.07, 6.45) is 1.22. The van der Waals surface area contributed by atoms with Crippen molar-refractivity contribution in [3.8, 4) is 11.5 Å². The van der Waals surface area contributed by atoms with Gasteiger partial charge in [0.1, 0.15) is 13.2 Å². The van der Waals surface area contributed by atoms with E-state index >= 15 is 0 Å². The summed E-state index contributed by atoms with van der Waals surface area (Å²) in [5.74, 6) is 2.38. The van der Waals surface area contributed by atoms with Gasteiger partial charge in [-0.15, -0.1) is 0 Å². The molecule has 0 amide bonds. The highest BCUT2D eigenvalue weighted by atomic mass is 16.6. The summed E-state index contributed by atoms with van der Waals surface area (Å²) in [4.78, 5) is 0. The average Bonchev–Trinajstić information content (AvgIpc) is 3.34. The minimum Gasteiger partial charge on any atom is -0.486 e. The number of hydrogen-bond donors (Lipinski definition) is 1. The van der Waals surface area contributed by atoms with Gasteiger partial charge >= 0.3 is 0 Å². The van der Waals surface area contributed by atoms with Crippen LogP contribution >= 0.6 is 0 Å². The second kappa shape index (κ2) is 5.65. The summed E-state index contributed by atoms with van der Waals surface area (Å²) in [6, 6.07) is 17.9. The molecule has 22 heavy (non-hydrogen) atoms. The van der Waals surface area contributed by atoms with Gasteiger partial charge in [0.15, 0.2) is 11.5 Å². The highest BCUT2D eigenvalue weighted by Gasteiger charge is 2.38. The molecule has 0 radical (unpaired) electrons. The lowest BCUT2D eigenvalue weighted by atomic mass is 10.1. The van der Waals surface area contributed by atoms with Crippen LogP contribution in [0.1, 0.15) is 36.4 Å². The van der Waals surface area contributed by atoms with Gasteiger partial charge < -0.3 is 14.8 Å². The van der Waals surface area contributed by atoms with Gasteiger partial charge in [-0.3, -0.25) is 0 Å². The predicted molar refractivity (Wildman–Crippen MR) is 86.6 cm³/mol. The number of rotatable bonds is 4. The van der Waals surface area contributed by atoms with Crippen molar-refractivity contribution in [1.29, 1.82) is 0 Å². The Bertz CT molecular complexity index is 656.